The number of nitrogens with zero attached hydrogens (tertiary/aromatic N) is 6. The first-order valence-corrected chi connectivity index (χ1v) is 19.4. The van der Waals surface area contributed by atoms with E-state index in [1.165, 1.54) is 19.2 Å². The third-order valence-electron chi connectivity index (χ3n) is 11.6. The number of hydrogen-bond acceptors (Lipinski definition) is 9. The third-order valence-corrected chi connectivity index (χ3v) is 11.6. The normalized spacial score (nSPS) is 21.3. The number of aliphatic carboxylic acids is 1. The molecular weight excluding hydrogens is 739 g/mol. The van der Waals surface area contributed by atoms with Crippen molar-refractivity contribution in [3.8, 4) is 28.7 Å². The number of piperidine rings is 1. The van der Waals surface area contributed by atoms with Gasteiger partial charge in [0.1, 0.15) is 17.7 Å². The van der Waals surface area contributed by atoms with Crippen LogP contribution in [0.5, 0.6) is 11.6 Å². The van der Waals surface area contributed by atoms with Gasteiger partial charge in [0.2, 0.25) is 11.8 Å². The number of ether oxygens (including phenoxy) is 2. The highest BCUT2D eigenvalue weighted by atomic mass is 19.4. The summed E-state index contributed by atoms with van der Waals surface area (Å²) in [4.78, 5) is 44.2. The minimum Gasteiger partial charge on any atom is -0.490 e. The van der Waals surface area contributed by atoms with Gasteiger partial charge in [-0.25, -0.2) is 15.0 Å². The van der Waals surface area contributed by atoms with Crippen LogP contribution in [-0.2, 0) is 11.0 Å². The predicted molar refractivity (Wildman–Crippen MR) is 205 cm³/mol. The van der Waals surface area contributed by atoms with Crippen LogP contribution in [0.15, 0.2) is 73.2 Å². The summed E-state index contributed by atoms with van der Waals surface area (Å²) < 4.78 is 57.7. The van der Waals surface area contributed by atoms with Crippen molar-refractivity contribution in [1.82, 2.24) is 29.8 Å². The standard InChI is InChI=1S/C42H44F3N7O5/c1-56-37-5-2-4-36(50-37)52-24-33(31-7-6-30(22-35(31)52)57-29-10-14-51(15-11-29)41-46-12-3-13-47-41)34-9-8-32(39(49-34)42(43,44)45)40(55)48-23-28-19-25-16-26(20-28)18-27(17-25)21-38(53)54/h2-9,12-13,22,24-29H,10-11,14-21,23H2,1H3,(H,48,55)(H,53,54). The van der Waals surface area contributed by atoms with Crippen molar-refractivity contribution in [3.63, 3.8) is 0 Å². The number of alkyl halides is 3. The fourth-order valence-electron chi connectivity index (χ4n) is 9.19. The largest absolute Gasteiger partial charge is 0.490 e. The van der Waals surface area contributed by atoms with Gasteiger partial charge in [0, 0.05) is 80.6 Å². The molecule has 15 heteroatoms. The quantitative estimate of drug-likeness (QED) is 0.137. The maximum Gasteiger partial charge on any atom is 0.434 e. The molecule has 2 unspecified atom stereocenters. The zero-order valence-corrected chi connectivity index (χ0v) is 31.5. The Balaban J connectivity index is 1.04. The molecule has 2 aliphatic carbocycles. The Hall–Kier alpha value is -5.73. The van der Waals surface area contributed by atoms with Crippen LogP contribution in [-0.4, -0.2) is 74.3 Å². The number of anilines is 1. The van der Waals surface area contributed by atoms with E-state index in [0.29, 0.717) is 51.7 Å². The second kappa shape index (κ2) is 16.0. The minimum atomic E-state index is -4.90. The molecule has 298 valence electrons. The molecule has 2 N–H and O–H groups in total. The summed E-state index contributed by atoms with van der Waals surface area (Å²) in [7, 11) is 1.51. The molecule has 3 aliphatic rings. The van der Waals surface area contributed by atoms with E-state index in [9.17, 15) is 27.9 Å². The van der Waals surface area contributed by atoms with Gasteiger partial charge in [-0.3, -0.25) is 9.59 Å². The van der Waals surface area contributed by atoms with Gasteiger partial charge in [-0.2, -0.15) is 18.2 Å². The molecule has 2 saturated carbocycles. The summed E-state index contributed by atoms with van der Waals surface area (Å²) in [5.74, 6) is 1.51. The predicted octanol–water partition coefficient (Wildman–Crippen LogP) is 7.60. The number of aromatic nitrogens is 5. The summed E-state index contributed by atoms with van der Waals surface area (Å²) >= 11 is 0. The fourth-order valence-corrected chi connectivity index (χ4v) is 9.19. The molecule has 4 aromatic heterocycles. The lowest BCUT2D eigenvalue weighted by atomic mass is 9.64. The number of rotatable bonds is 11. The molecule has 0 spiro atoms. The van der Waals surface area contributed by atoms with Crippen molar-refractivity contribution < 1.29 is 37.3 Å². The van der Waals surface area contributed by atoms with Gasteiger partial charge in [0.15, 0.2) is 5.69 Å². The van der Waals surface area contributed by atoms with Crippen molar-refractivity contribution in [2.45, 2.75) is 63.6 Å². The number of carbonyl (C=O) groups excluding carboxylic acids is 1. The van der Waals surface area contributed by atoms with E-state index >= 15 is 0 Å². The van der Waals surface area contributed by atoms with Crippen molar-refractivity contribution >= 4 is 28.7 Å². The lowest BCUT2D eigenvalue weighted by Crippen LogP contribution is -2.39. The highest BCUT2D eigenvalue weighted by Gasteiger charge is 2.39. The Bertz CT molecular complexity index is 2230. The Morgan fingerprint density at radius 1 is 0.912 bits per heavy atom. The molecule has 3 fully saturated rings. The van der Waals surface area contributed by atoms with Gasteiger partial charge in [0.25, 0.3) is 5.91 Å². The number of hydrogen-bond donors (Lipinski definition) is 2. The molecule has 1 amide bonds. The Kier molecular flexibility index (Phi) is 10.7. The summed E-state index contributed by atoms with van der Waals surface area (Å²) in [6.07, 6.45) is 6.17. The SMILES string of the molecule is COc1cccc(-n2cc(-c3ccc(C(=O)NCC4CC5CC(CC(=O)O)CC(C4)C5)c(C(F)(F)F)n3)c3ccc(OC4CCN(c5ncccn5)CC4)cc32)n1. The van der Waals surface area contributed by atoms with Crippen molar-refractivity contribution in [3.05, 3.63) is 84.4 Å². The smallest absolute Gasteiger partial charge is 0.434 e. The van der Waals surface area contributed by atoms with E-state index in [1.807, 2.05) is 12.1 Å². The van der Waals surface area contributed by atoms with Gasteiger partial charge >= 0.3 is 12.1 Å². The van der Waals surface area contributed by atoms with Crippen molar-refractivity contribution in [2.75, 3.05) is 31.6 Å². The number of nitrogens with one attached hydrogen (secondary N) is 1. The molecule has 12 nitrogen and oxygen atoms in total. The molecule has 2 atom stereocenters. The summed E-state index contributed by atoms with van der Waals surface area (Å²) in [5.41, 5.74) is -0.692. The first kappa shape index (κ1) is 38.2. The zero-order valence-electron chi connectivity index (χ0n) is 31.5. The van der Waals surface area contributed by atoms with E-state index in [1.54, 1.807) is 53.5 Å². The second-order valence-corrected chi connectivity index (χ2v) is 15.5. The van der Waals surface area contributed by atoms with Gasteiger partial charge in [-0.1, -0.05) is 6.07 Å². The van der Waals surface area contributed by atoms with E-state index < -0.39 is 29.3 Å². The summed E-state index contributed by atoms with van der Waals surface area (Å²) in [5, 5.41) is 12.6. The van der Waals surface area contributed by atoms with Crippen LogP contribution in [0.4, 0.5) is 19.1 Å². The number of methoxy groups -OCH3 is 1. The number of pyridine rings is 2. The molecule has 1 saturated heterocycles. The Morgan fingerprint density at radius 3 is 2.35 bits per heavy atom. The van der Waals surface area contributed by atoms with Gasteiger partial charge in [-0.05, 0) is 92.2 Å². The van der Waals surface area contributed by atoms with E-state index in [0.717, 1.165) is 58.0 Å². The van der Waals surface area contributed by atoms with Crippen LogP contribution >= 0.6 is 0 Å². The van der Waals surface area contributed by atoms with Crippen LogP contribution in [0.25, 0.3) is 28.0 Å². The number of fused-ring (bicyclic) bond motifs is 3. The van der Waals surface area contributed by atoms with Gasteiger partial charge in [-0.15, -0.1) is 0 Å². The van der Waals surface area contributed by atoms with E-state index in [2.05, 4.69) is 30.2 Å². The highest BCUT2D eigenvalue weighted by Crippen LogP contribution is 2.46. The van der Waals surface area contributed by atoms with Gasteiger partial charge < -0.3 is 29.4 Å². The maximum absolute atomic E-state index is 14.7. The molecule has 1 aliphatic heterocycles. The van der Waals surface area contributed by atoms with Crippen LogP contribution in [0.1, 0.15) is 67.4 Å². The molecule has 8 rings (SSSR count). The first-order valence-electron chi connectivity index (χ1n) is 19.4. The number of amides is 1. The molecule has 5 heterocycles. The summed E-state index contributed by atoms with van der Waals surface area (Å²) in [6.45, 7) is 1.70. The number of carboxylic acid groups (broad SMARTS) is 1. The average Bonchev–Trinajstić information content (AvgIpc) is 3.58. The molecule has 2 bridgehead atoms. The number of carbonyl (C=O) groups is 2. The van der Waals surface area contributed by atoms with E-state index in [-0.39, 0.29) is 36.6 Å². The van der Waals surface area contributed by atoms with E-state index in [4.69, 9.17) is 9.47 Å². The molecule has 57 heavy (non-hydrogen) atoms. The number of halogens is 3. The molecular formula is C42H44F3N7O5. The van der Waals surface area contributed by atoms with Crippen LogP contribution in [0, 0.1) is 23.7 Å². The first-order chi connectivity index (χ1) is 27.5. The fraction of sp³-hybridized carbons (Fsp3) is 0.429. The topological polar surface area (TPSA) is 145 Å². The second-order valence-electron chi connectivity index (χ2n) is 15.5. The monoisotopic (exact) mass is 783 g/mol. The summed E-state index contributed by atoms with van der Waals surface area (Å²) in [6, 6.07) is 15.2. The maximum atomic E-state index is 14.7. The van der Waals surface area contributed by atoms with Gasteiger partial charge in [0.05, 0.1) is 23.9 Å². The Morgan fingerprint density at radius 2 is 1.65 bits per heavy atom. The third kappa shape index (κ3) is 8.52. The number of carboxylic acids is 1. The van der Waals surface area contributed by atoms with Crippen LogP contribution in [0.2, 0.25) is 0 Å². The average molecular weight is 784 g/mol. The zero-order chi connectivity index (χ0) is 39.7. The lowest BCUT2D eigenvalue weighted by molar-refractivity contribution is -0.141. The van der Waals surface area contributed by atoms with Crippen molar-refractivity contribution in [2.24, 2.45) is 23.7 Å². The lowest BCUT2D eigenvalue weighted by Gasteiger charge is -2.42. The molecule has 0 radical (unpaired) electrons. The van der Waals surface area contributed by atoms with Crippen LogP contribution in [0.3, 0.4) is 0 Å². The molecule has 1 aromatic carbocycles. The highest BCUT2D eigenvalue weighted by molar-refractivity contribution is 5.99. The minimum absolute atomic E-state index is 0.0470. The Labute approximate surface area is 327 Å². The van der Waals surface area contributed by atoms with Crippen molar-refractivity contribution in [1.29, 1.82) is 0 Å². The number of benzene rings is 1. The van der Waals surface area contributed by atoms with Crippen LogP contribution < -0.4 is 19.7 Å². The molecule has 5 aromatic rings.